The summed E-state index contributed by atoms with van der Waals surface area (Å²) >= 11 is 2.01. The average Bonchev–Trinajstić information content (AvgIpc) is 3.22. The van der Waals surface area contributed by atoms with E-state index in [0.29, 0.717) is 0 Å². The molecule has 3 nitrogen and oxygen atoms in total. The topological polar surface area (TPSA) is 9.72 Å². The summed E-state index contributed by atoms with van der Waals surface area (Å²) in [5.74, 6) is 2.24. The van der Waals surface area contributed by atoms with Crippen LogP contribution in [0, 0.1) is 5.92 Å². The number of hydrogen-bond donors (Lipinski definition) is 0. The third kappa shape index (κ3) is 7.00. The summed E-state index contributed by atoms with van der Waals surface area (Å²) in [6.45, 7) is 10.7. The Morgan fingerprint density at radius 2 is 1.69 bits per heavy atom. The molecule has 1 unspecified atom stereocenters. The van der Waals surface area contributed by atoms with Crippen LogP contribution in [0.25, 0.3) is 0 Å². The molecular formula is C22H43N3S. The number of hydrogen-bond acceptors (Lipinski definition) is 4. The van der Waals surface area contributed by atoms with Crippen molar-refractivity contribution in [2.24, 2.45) is 5.92 Å². The van der Waals surface area contributed by atoms with Gasteiger partial charge in [-0.25, -0.2) is 0 Å². The molecular weight excluding hydrogens is 338 g/mol. The predicted octanol–water partition coefficient (Wildman–Crippen LogP) is 4.18. The fourth-order valence-corrected chi connectivity index (χ4v) is 5.82. The second kappa shape index (κ2) is 11.9. The second-order valence-corrected chi connectivity index (χ2v) is 9.98. The Hall–Kier alpha value is 0.230. The van der Waals surface area contributed by atoms with Crippen molar-refractivity contribution in [3.8, 4) is 0 Å². The maximum atomic E-state index is 2.87. The number of nitrogens with zero attached hydrogens (tertiary/aromatic N) is 3. The monoisotopic (exact) mass is 381 g/mol. The van der Waals surface area contributed by atoms with Gasteiger partial charge in [-0.3, -0.25) is 0 Å². The maximum absolute atomic E-state index is 2.87. The first-order chi connectivity index (χ1) is 12.8. The zero-order valence-electron chi connectivity index (χ0n) is 17.3. The van der Waals surface area contributed by atoms with E-state index in [9.17, 15) is 0 Å². The smallest absolute Gasteiger partial charge is 0.0109 e. The molecule has 0 aromatic rings. The van der Waals surface area contributed by atoms with Crippen LogP contribution in [0.1, 0.15) is 64.2 Å². The Morgan fingerprint density at radius 1 is 0.885 bits per heavy atom. The third-order valence-electron chi connectivity index (χ3n) is 6.91. The molecule has 152 valence electrons. The minimum absolute atomic E-state index is 0.917. The minimum Gasteiger partial charge on any atom is -0.302 e. The van der Waals surface area contributed by atoms with Crippen molar-refractivity contribution in [1.82, 2.24) is 14.7 Å². The summed E-state index contributed by atoms with van der Waals surface area (Å²) in [6.07, 6.45) is 16.7. The van der Waals surface area contributed by atoms with E-state index in [1.807, 2.05) is 11.8 Å². The van der Waals surface area contributed by atoms with E-state index < -0.39 is 0 Å². The van der Waals surface area contributed by atoms with Crippen LogP contribution in [0.3, 0.4) is 0 Å². The Balaban J connectivity index is 1.45. The van der Waals surface area contributed by atoms with Crippen LogP contribution in [0.4, 0.5) is 0 Å². The van der Waals surface area contributed by atoms with Gasteiger partial charge in [-0.2, -0.15) is 11.8 Å². The van der Waals surface area contributed by atoms with Gasteiger partial charge in [0.2, 0.25) is 0 Å². The predicted molar refractivity (Wildman–Crippen MR) is 116 cm³/mol. The van der Waals surface area contributed by atoms with Crippen LogP contribution in [0.5, 0.6) is 0 Å². The second-order valence-electron chi connectivity index (χ2n) is 8.99. The van der Waals surface area contributed by atoms with Crippen LogP contribution in [0.2, 0.25) is 0 Å². The summed E-state index contributed by atoms with van der Waals surface area (Å²) in [7, 11) is 0. The molecule has 1 atom stereocenters. The third-order valence-corrected chi connectivity index (χ3v) is 7.61. The van der Waals surface area contributed by atoms with Crippen molar-refractivity contribution < 1.29 is 0 Å². The van der Waals surface area contributed by atoms with Gasteiger partial charge in [-0.05, 0) is 89.1 Å². The van der Waals surface area contributed by atoms with Gasteiger partial charge in [-0.1, -0.05) is 19.3 Å². The van der Waals surface area contributed by atoms with Gasteiger partial charge >= 0.3 is 0 Å². The first kappa shape index (κ1) is 21.0. The van der Waals surface area contributed by atoms with E-state index in [0.717, 1.165) is 12.0 Å². The average molecular weight is 382 g/mol. The molecule has 0 aromatic carbocycles. The van der Waals surface area contributed by atoms with Gasteiger partial charge < -0.3 is 14.7 Å². The van der Waals surface area contributed by atoms with Gasteiger partial charge in [0.15, 0.2) is 0 Å². The normalized spacial score (nSPS) is 26.8. The van der Waals surface area contributed by atoms with E-state index >= 15 is 0 Å². The highest BCUT2D eigenvalue weighted by Crippen LogP contribution is 2.28. The summed E-state index contributed by atoms with van der Waals surface area (Å²) in [6, 6.07) is 0.927. The molecule has 4 heteroatoms. The first-order valence-electron chi connectivity index (χ1n) is 11.5. The van der Waals surface area contributed by atoms with Crippen LogP contribution in [-0.4, -0.2) is 85.1 Å². The lowest BCUT2D eigenvalue weighted by molar-refractivity contribution is 0.0937. The lowest BCUT2D eigenvalue weighted by atomic mass is 9.95. The fraction of sp³-hybridized carbons (Fsp3) is 1.00. The zero-order chi connectivity index (χ0) is 18.0. The molecule has 0 N–H and O–H groups in total. The Kier molecular flexibility index (Phi) is 9.62. The molecule has 0 bridgehead atoms. The molecule has 3 aliphatic rings. The van der Waals surface area contributed by atoms with Crippen LogP contribution in [0.15, 0.2) is 0 Å². The van der Waals surface area contributed by atoms with Gasteiger partial charge in [0.25, 0.3) is 0 Å². The highest BCUT2D eigenvalue weighted by Gasteiger charge is 2.28. The maximum Gasteiger partial charge on any atom is 0.0109 e. The van der Waals surface area contributed by atoms with Gasteiger partial charge in [0.1, 0.15) is 0 Å². The molecule has 1 aliphatic carbocycles. The summed E-state index contributed by atoms with van der Waals surface area (Å²) in [5, 5.41) is 0. The molecule has 1 saturated carbocycles. The molecule has 3 fully saturated rings. The highest BCUT2D eigenvalue weighted by atomic mass is 32.2. The van der Waals surface area contributed by atoms with Gasteiger partial charge in [0.05, 0.1) is 0 Å². The Labute approximate surface area is 167 Å². The van der Waals surface area contributed by atoms with Crippen LogP contribution in [-0.2, 0) is 0 Å². The molecule has 0 spiro atoms. The first-order valence-corrected chi connectivity index (χ1v) is 12.9. The molecule has 0 radical (unpaired) electrons. The molecule has 2 heterocycles. The minimum atomic E-state index is 0.917. The summed E-state index contributed by atoms with van der Waals surface area (Å²) in [4.78, 5) is 8.41. The van der Waals surface area contributed by atoms with Crippen LogP contribution < -0.4 is 0 Å². The lowest BCUT2D eigenvalue weighted by Crippen LogP contribution is -2.46. The molecule has 3 rings (SSSR count). The lowest BCUT2D eigenvalue weighted by Gasteiger charge is -2.39. The van der Waals surface area contributed by atoms with Crippen LogP contribution >= 0.6 is 11.8 Å². The number of likely N-dealkylation sites (tertiary alicyclic amines) is 2. The number of rotatable bonds is 10. The molecule has 2 saturated heterocycles. The van der Waals surface area contributed by atoms with Crippen molar-refractivity contribution in [3.05, 3.63) is 0 Å². The highest BCUT2D eigenvalue weighted by molar-refractivity contribution is 7.98. The van der Waals surface area contributed by atoms with Gasteiger partial charge in [-0.15, -0.1) is 0 Å². The Bertz CT molecular complexity index is 366. The van der Waals surface area contributed by atoms with E-state index in [-0.39, 0.29) is 0 Å². The number of thioether (sulfide) groups is 1. The molecule has 0 amide bonds. The van der Waals surface area contributed by atoms with Crippen molar-refractivity contribution in [3.63, 3.8) is 0 Å². The zero-order valence-corrected chi connectivity index (χ0v) is 18.2. The molecule has 26 heavy (non-hydrogen) atoms. The fourth-order valence-electron chi connectivity index (χ4n) is 5.41. The van der Waals surface area contributed by atoms with Crippen molar-refractivity contribution in [1.29, 1.82) is 0 Å². The SMILES string of the molecule is CSCCCN(CCN1CCCCC1)CC1CCCN(C2CCCC2)C1. The quantitative estimate of drug-likeness (QED) is 0.525. The van der Waals surface area contributed by atoms with E-state index in [1.54, 1.807) is 0 Å². The van der Waals surface area contributed by atoms with Crippen molar-refractivity contribution in [2.45, 2.75) is 70.3 Å². The van der Waals surface area contributed by atoms with Crippen molar-refractivity contribution in [2.75, 3.05) is 64.4 Å². The molecule has 2 aliphatic heterocycles. The van der Waals surface area contributed by atoms with Gasteiger partial charge in [0, 0.05) is 32.2 Å². The van der Waals surface area contributed by atoms with E-state index in [1.165, 1.54) is 122 Å². The Morgan fingerprint density at radius 3 is 2.46 bits per heavy atom. The standard InChI is InChI=1S/C22H43N3S/c1-26-18-8-14-24(17-16-23-12-5-2-6-13-23)19-21-9-7-15-25(20-21)22-10-3-4-11-22/h21-22H,2-20H2,1H3. The van der Waals surface area contributed by atoms with E-state index in [2.05, 4.69) is 21.0 Å². The largest absolute Gasteiger partial charge is 0.302 e. The van der Waals surface area contributed by atoms with E-state index in [4.69, 9.17) is 0 Å². The molecule has 0 aromatic heterocycles. The summed E-state index contributed by atoms with van der Waals surface area (Å²) < 4.78 is 0. The van der Waals surface area contributed by atoms with Crippen molar-refractivity contribution >= 4 is 11.8 Å². The summed E-state index contributed by atoms with van der Waals surface area (Å²) in [5.41, 5.74) is 0. The number of piperidine rings is 2.